The molecular formula is C21H26N2O2. The van der Waals surface area contributed by atoms with E-state index in [0.29, 0.717) is 6.54 Å². The number of aliphatic hydroxyl groups is 1. The molecule has 25 heavy (non-hydrogen) atoms. The average molecular weight is 338 g/mol. The van der Waals surface area contributed by atoms with Gasteiger partial charge in [-0.25, -0.2) is 0 Å². The van der Waals surface area contributed by atoms with E-state index < -0.39 is 6.10 Å². The summed E-state index contributed by atoms with van der Waals surface area (Å²) in [7, 11) is 0. The van der Waals surface area contributed by atoms with Gasteiger partial charge in [-0.2, -0.15) is 0 Å². The maximum absolute atomic E-state index is 13.1. The van der Waals surface area contributed by atoms with Crippen molar-refractivity contribution < 1.29 is 9.90 Å². The monoisotopic (exact) mass is 338 g/mol. The number of carbonyl (C=O) groups excluding carboxylic acids is 1. The number of aryl methyl sites for hydroxylation is 1. The van der Waals surface area contributed by atoms with Crippen LogP contribution in [0.1, 0.15) is 25.8 Å². The van der Waals surface area contributed by atoms with Crippen LogP contribution in [0.15, 0.2) is 54.6 Å². The van der Waals surface area contributed by atoms with E-state index in [1.54, 1.807) is 6.92 Å². The molecule has 1 aliphatic heterocycles. The highest BCUT2D eigenvalue weighted by Crippen LogP contribution is 2.30. The molecule has 4 heteroatoms. The van der Waals surface area contributed by atoms with Crippen molar-refractivity contribution in [3.63, 3.8) is 0 Å². The van der Waals surface area contributed by atoms with Gasteiger partial charge in [0.2, 0.25) is 5.91 Å². The van der Waals surface area contributed by atoms with E-state index in [1.165, 1.54) is 5.56 Å². The second-order valence-electron chi connectivity index (χ2n) is 6.85. The van der Waals surface area contributed by atoms with Gasteiger partial charge in [-0.1, -0.05) is 36.4 Å². The molecule has 0 radical (unpaired) electrons. The van der Waals surface area contributed by atoms with E-state index in [9.17, 15) is 9.90 Å². The van der Waals surface area contributed by atoms with Gasteiger partial charge in [0, 0.05) is 24.0 Å². The molecule has 0 aromatic heterocycles. The number of aliphatic hydroxyl groups excluding tert-OH is 1. The summed E-state index contributed by atoms with van der Waals surface area (Å²) in [6.45, 7) is 4.54. The first kappa shape index (κ1) is 17.5. The lowest BCUT2D eigenvalue weighted by Crippen LogP contribution is -2.48. The maximum atomic E-state index is 13.1. The summed E-state index contributed by atoms with van der Waals surface area (Å²) in [6.07, 6.45) is 1.49. The number of benzene rings is 2. The smallest absolute Gasteiger partial charge is 0.246 e. The Labute approximate surface area is 149 Å². The van der Waals surface area contributed by atoms with Crippen LogP contribution in [0.2, 0.25) is 0 Å². The Kier molecular flexibility index (Phi) is 5.39. The van der Waals surface area contributed by atoms with E-state index in [0.717, 1.165) is 24.2 Å². The highest BCUT2D eigenvalue weighted by molar-refractivity contribution is 5.98. The van der Waals surface area contributed by atoms with Crippen LogP contribution in [0.25, 0.3) is 0 Å². The molecule has 0 bridgehead atoms. The third-order valence-electron chi connectivity index (χ3n) is 4.72. The number of fused-ring (bicyclic) bond motifs is 1. The molecule has 1 amide bonds. The van der Waals surface area contributed by atoms with Gasteiger partial charge in [0.1, 0.15) is 0 Å². The third kappa shape index (κ3) is 4.02. The molecule has 0 aliphatic carbocycles. The predicted octanol–water partition coefficient (Wildman–Crippen LogP) is 3.24. The Balaban J connectivity index is 1.84. The Hall–Kier alpha value is -2.33. The summed E-state index contributed by atoms with van der Waals surface area (Å²) in [5.41, 5.74) is 3.21. The van der Waals surface area contributed by atoms with Crippen molar-refractivity contribution in [3.8, 4) is 0 Å². The largest absolute Gasteiger partial charge is 0.392 e. The molecule has 0 saturated heterocycles. The first-order chi connectivity index (χ1) is 12.1. The normalized spacial score (nSPS) is 17.7. The minimum absolute atomic E-state index is 0.0733. The van der Waals surface area contributed by atoms with E-state index in [2.05, 4.69) is 13.0 Å². The van der Waals surface area contributed by atoms with Crippen LogP contribution in [0.3, 0.4) is 0 Å². The van der Waals surface area contributed by atoms with Crippen LogP contribution < -0.4 is 9.80 Å². The van der Waals surface area contributed by atoms with E-state index in [4.69, 9.17) is 0 Å². The molecule has 2 aromatic carbocycles. The van der Waals surface area contributed by atoms with Gasteiger partial charge < -0.3 is 14.9 Å². The number of carbonyl (C=O) groups is 1. The summed E-state index contributed by atoms with van der Waals surface area (Å²) in [6, 6.07) is 18.1. The van der Waals surface area contributed by atoms with Crippen LogP contribution >= 0.6 is 0 Å². The van der Waals surface area contributed by atoms with Crippen LogP contribution in [-0.4, -0.2) is 36.2 Å². The van der Waals surface area contributed by atoms with Crippen molar-refractivity contribution in [2.45, 2.75) is 38.8 Å². The molecule has 1 N–H and O–H groups in total. The summed E-state index contributed by atoms with van der Waals surface area (Å²) in [5.74, 6) is 0.0733. The number of rotatable bonds is 5. The maximum Gasteiger partial charge on any atom is 0.246 e. The van der Waals surface area contributed by atoms with Crippen molar-refractivity contribution in [2.24, 2.45) is 0 Å². The van der Waals surface area contributed by atoms with E-state index in [-0.39, 0.29) is 18.5 Å². The predicted molar refractivity (Wildman–Crippen MR) is 102 cm³/mol. The van der Waals surface area contributed by atoms with Crippen molar-refractivity contribution in [2.75, 3.05) is 22.9 Å². The highest BCUT2D eigenvalue weighted by Gasteiger charge is 2.29. The van der Waals surface area contributed by atoms with Gasteiger partial charge in [-0.15, -0.1) is 0 Å². The lowest BCUT2D eigenvalue weighted by molar-refractivity contribution is -0.117. The minimum atomic E-state index is -0.501. The van der Waals surface area contributed by atoms with Gasteiger partial charge in [-0.05, 0) is 50.5 Å². The first-order valence-electron chi connectivity index (χ1n) is 8.94. The summed E-state index contributed by atoms with van der Waals surface area (Å²) < 4.78 is 0. The number of para-hydroxylation sites is 2. The number of hydrogen-bond acceptors (Lipinski definition) is 3. The zero-order valence-corrected chi connectivity index (χ0v) is 14.9. The van der Waals surface area contributed by atoms with Crippen molar-refractivity contribution >= 4 is 17.3 Å². The molecular weight excluding hydrogens is 312 g/mol. The third-order valence-corrected chi connectivity index (χ3v) is 4.72. The first-order valence-corrected chi connectivity index (χ1v) is 8.94. The molecule has 0 fully saturated rings. The summed E-state index contributed by atoms with van der Waals surface area (Å²) in [4.78, 5) is 17.0. The molecule has 2 aromatic rings. The Morgan fingerprint density at radius 2 is 1.88 bits per heavy atom. The fourth-order valence-corrected chi connectivity index (χ4v) is 3.53. The van der Waals surface area contributed by atoms with Gasteiger partial charge in [0.25, 0.3) is 0 Å². The van der Waals surface area contributed by atoms with Crippen LogP contribution in [0.5, 0.6) is 0 Å². The number of anilines is 2. The Morgan fingerprint density at radius 1 is 1.20 bits per heavy atom. The van der Waals surface area contributed by atoms with Gasteiger partial charge in [0.05, 0.1) is 12.6 Å². The molecule has 0 saturated carbocycles. The topological polar surface area (TPSA) is 43.8 Å². The lowest BCUT2D eigenvalue weighted by Gasteiger charge is -2.37. The second kappa shape index (κ2) is 7.70. The van der Waals surface area contributed by atoms with Crippen LogP contribution in [-0.2, 0) is 11.2 Å². The molecule has 132 valence electrons. The molecule has 0 spiro atoms. The van der Waals surface area contributed by atoms with Crippen molar-refractivity contribution in [3.05, 3.63) is 60.2 Å². The van der Waals surface area contributed by atoms with Gasteiger partial charge in [0.15, 0.2) is 0 Å². The Bertz CT molecular complexity index is 715. The fraction of sp³-hybridized carbons (Fsp3) is 0.381. The highest BCUT2D eigenvalue weighted by atomic mass is 16.3. The minimum Gasteiger partial charge on any atom is -0.392 e. The fourth-order valence-electron chi connectivity index (χ4n) is 3.53. The molecule has 1 heterocycles. The number of amides is 1. The quantitative estimate of drug-likeness (QED) is 0.910. The van der Waals surface area contributed by atoms with Gasteiger partial charge in [-0.3, -0.25) is 4.79 Å². The molecule has 1 aliphatic rings. The molecule has 4 nitrogen and oxygen atoms in total. The zero-order chi connectivity index (χ0) is 17.8. The van der Waals surface area contributed by atoms with Crippen molar-refractivity contribution in [1.82, 2.24) is 0 Å². The van der Waals surface area contributed by atoms with Crippen LogP contribution in [0.4, 0.5) is 11.4 Å². The standard InChI is InChI=1S/C21H26N2O2/c1-16-12-13-18-8-6-7-11-20(18)23(16)21(25)15-22(14-17(2)24)19-9-4-3-5-10-19/h3-11,16-17,24H,12-15H2,1-2H3. The Morgan fingerprint density at radius 3 is 2.60 bits per heavy atom. The SMILES string of the molecule is CC(O)CN(CC(=O)N1c2ccccc2CCC1C)c1ccccc1. The lowest BCUT2D eigenvalue weighted by atomic mass is 9.96. The average Bonchev–Trinajstić information content (AvgIpc) is 2.61. The molecule has 3 rings (SSSR count). The van der Waals surface area contributed by atoms with Crippen molar-refractivity contribution in [1.29, 1.82) is 0 Å². The van der Waals surface area contributed by atoms with Gasteiger partial charge >= 0.3 is 0 Å². The summed E-state index contributed by atoms with van der Waals surface area (Å²) >= 11 is 0. The second-order valence-corrected chi connectivity index (χ2v) is 6.85. The van der Waals surface area contributed by atoms with E-state index >= 15 is 0 Å². The zero-order valence-electron chi connectivity index (χ0n) is 14.9. The van der Waals surface area contributed by atoms with Crippen LogP contribution in [0, 0.1) is 0 Å². The summed E-state index contributed by atoms with van der Waals surface area (Å²) in [5, 5.41) is 9.85. The van der Waals surface area contributed by atoms with E-state index in [1.807, 2.05) is 58.3 Å². The molecule has 2 unspecified atom stereocenters. The number of hydrogen-bond donors (Lipinski definition) is 1. The number of nitrogens with zero attached hydrogens (tertiary/aromatic N) is 2. The molecule has 2 atom stereocenters.